The van der Waals surface area contributed by atoms with E-state index in [1.165, 1.54) is 19.3 Å². The monoisotopic (exact) mass is 288 g/mol. The molecule has 1 aromatic carbocycles. The Balaban J connectivity index is 2.00. The first kappa shape index (κ1) is 16.1. The van der Waals surface area contributed by atoms with Crippen molar-refractivity contribution in [1.82, 2.24) is 0 Å². The second-order valence-corrected chi connectivity index (χ2v) is 6.27. The Bertz CT molecular complexity index is 457. The van der Waals surface area contributed by atoms with Gasteiger partial charge in [0, 0.05) is 13.3 Å². The zero-order valence-corrected chi connectivity index (χ0v) is 13.7. The zero-order chi connectivity index (χ0) is 15.3. The van der Waals surface area contributed by atoms with Crippen LogP contribution in [0.2, 0.25) is 0 Å². The summed E-state index contributed by atoms with van der Waals surface area (Å²) < 4.78 is 12.4. The molecule has 1 atom stereocenters. The van der Waals surface area contributed by atoms with Gasteiger partial charge in [0.25, 0.3) is 0 Å². The number of allylic oxidation sites excluding steroid dienone is 1. The predicted octanol–water partition coefficient (Wildman–Crippen LogP) is 5.57. The first-order valence-electron chi connectivity index (χ1n) is 8.15. The van der Waals surface area contributed by atoms with E-state index >= 15 is 0 Å². The molecule has 0 radical (unpaired) electrons. The van der Waals surface area contributed by atoms with Gasteiger partial charge in [0.1, 0.15) is 5.75 Å². The third kappa shape index (κ3) is 4.60. The quantitative estimate of drug-likeness (QED) is 0.637. The third-order valence-corrected chi connectivity index (χ3v) is 4.29. The van der Waals surface area contributed by atoms with Gasteiger partial charge in [-0.3, -0.25) is 0 Å². The summed E-state index contributed by atoms with van der Waals surface area (Å²) in [6.07, 6.45) is 7.40. The predicted molar refractivity (Wildman–Crippen MR) is 88.4 cm³/mol. The standard InChI is InChI=1S/C19H28O2/c1-5-19(4,20-17-9-7-6-8-10-17)21-18-13-11-16(12-14-18)15(2)3/h11-14,17H,2,5-10H2,1,3-4H3. The van der Waals surface area contributed by atoms with Crippen molar-refractivity contribution in [3.05, 3.63) is 36.4 Å². The van der Waals surface area contributed by atoms with Gasteiger partial charge in [-0.25, -0.2) is 0 Å². The normalized spacial score (nSPS) is 19.0. The number of hydrogen-bond acceptors (Lipinski definition) is 2. The van der Waals surface area contributed by atoms with Crippen LogP contribution in [0.3, 0.4) is 0 Å². The second kappa shape index (κ2) is 7.13. The lowest BCUT2D eigenvalue weighted by molar-refractivity contribution is -0.207. The van der Waals surface area contributed by atoms with E-state index in [4.69, 9.17) is 9.47 Å². The van der Waals surface area contributed by atoms with E-state index in [-0.39, 0.29) is 0 Å². The maximum absolute atomic E-state index is 6.27. The van der Waals surface area contributed by atoms with Crippen LogP contribution in [0.25, 0.3) is 5.57 Å². The molecule has 2 heteroatoms. The molecule has 0 bridgehead atoms. The second-order valence-electron chi connectivity index (χ2n) is 6.27. The molecular weight excluding hydrogens is 260 g/mol. The number of ether oxygens (including phenoxy) is 2. The van der Waals surface area contributed by atoms with Gasteiger partial charge < -0.3 is 9.47 Å². The van der Waals surface area contributed by atoms with E-state index in [2.05, 4.69) is 13.5 Å². The summed E-state index contributed by atoms with van der Waals surface area (Å²) in [4.78, 5) is 0. The number of benzene rings is 1. The minimum Gasteiger partial charge on any atom is -0.463 e. The molecular formula is C19H28O2. The molecule has 0 aliphatic heterocycles. The molecule has 0 aromatic heterocycles. The van der Waals surface area contributed by atoms with Gasteiger partial charge in [-0.05, 0) is 37.5 Å². The SMILES string of the molecule is C=C(C)c1ccc(OC(C)(CC)OC2CCCCC2)cc1. The molecule has 0 amide bonds. The van der Waals surface area contributed by atoms with Crippen molar-refractivity contribution in [2.45, 2.75) is 71.2 Å². The van der Waals surface area contributed by atoms with E-state index in [9.17, 15) is 0 Å². The van der Waals surface area contributed by atoms with Crippen LogP contribution in [0.4, 0.5) is 0 Å². The van der Waals surface area contributed by atoms with Gasteiger partial charge in [0.2, 0.25) is 5.79 Å². The summed E-state index contributed by atoms with van der Waals surface area (Å²) in [7, 11) is 0. The topological polar surface area (TPSA) is 18.5 Å². The van der Waals surface area contributed by atoms with Crippen molar-refractivity contribution in [2.24, 2.45) is 0 Å². The van der Waals surface area contributed by atoms with Crippen LogP contribution in [-0.2, 0) is 4.74 Å². The lowest BCUT2D eigenvalue weighted by atomic mass is 9.97. The average Bonchev–Trinajstić information content (AvgIpc) is 2.48. The highest BCUT2D eigenvalue weighted by atomic mass is 16.7. The van der Waals surface area contributed by atoms with Crippen LogP contribution in [0.15, 0.2) is 30.8 Å². The highest BCUT2D eigenvalue weighted by molar-refractivity contribution is 5.61. The van der Waals surface area contributed by atoms with E-state index in [1.807, 2.05) is 38.1 Å². The van der Waals surface area contributed by atoms with Crippen molar-refractivity contribution >= 4 is 5.57 Å². The van der Waals surface area contributed by atoms with Crippen LogP contribution in [0, 0.1) is 0 Å². The Morgan fingerprint density at radius 3 is 2.33 bits per heavy atom. The fraction of sp³-hybridized carbons (Fsp3) is 0.579. The Hall–Kier alpha value is -1.28. The van der Waals surface area contributed by atoms with E-state index in [1.54, 1.807) is 0 Å². The molecule has 21 heavy (non-hydrogen) atoms. The highest BCUT2D eigenvalue weighted by Crippen LogP contribution is 2.29. The minimum atomic E-state index is -0.535. The molecule has 1 saturated carbocycles. The van der Waals surface area contributed by atoms with Crippen LogP contribution in [0.5, 0.6) is 5.75 Å². The summed E-state index contributed by atoms with van der Waals surface area (Å²) >= 11 is 0. The molecule has 0 spiro atoms. The maximum atomic E-state index is 6.27. The molecule has 1 aliphatic rings. The molecule has 1 fully saturated rings. The fourth-order valence-corrected chi connectivity index (χ4v) is 2.77. The third-order valence-electron chi connectivity index (χ3n) is 4.29. The summed E-state index contributed by atoms with van der Waals surface area (Å²) in [6, 6.07) is 8.10. The highest BCUT2D eigenvalue weighted by Gasteiger charge is 2.30. The van der Waals surface area contributed by atoms with Crippen LogP contribution < -0.4 is 4.74 Å². The Labute approximate surface area is 129 Å². The Morgan fingerprint density at radius 2 is 1.81 bits per heavy atom. The largest absolute Gasteiger partial charge is 0.463 e. The van der Waals surface area contributed by atoms with Crippen LogP contribution in [-0.4, -0.2) is 11.9 Å². The molecule has 2 nitrogen and oxygen atoms in total. The van der Waals surface area contributed by atoms with Crippen LogP contribution in [0.1, 0.15) is 64.9 Å². The van der Waals surface area contributed by atoms with Crippen molar-refractivity contribution in [2.75, 3.05) is 0 Å². The van der Waals surface area contributed by atoms with Gasteiger partial charge in [-0.2, -0.15) is 0 Å². The summed E-state index contributed by atoms with van der Waals surface area (Å²) in [5.41, 5.74) is 2.21. The van der Waals surface area contributed by atoms with Gasteiger partial charge in [0.15, 0.2) is 0 Å². The molecule has 2 rings (SSSR count). The lowest BCUT2D eigenvalue weighted by Gasteiger charge is -2.35. The molecule has 1 unspecified atom stereocenters. The van der Waals surface area contributed by atoms with Crippen LogP contribution >= 0.6 is 0 Å². The summed E-state index contributed by atoms with van der Waals surface area (Å²) in [5, 5.41) is 0. The molecule has 116 valence electrons. The van der Waals surface area contributed by atoms with Crippen molar-refractivity contribution in [3.8, 4) is 5.75 Å². The van der Waals surface area contributed by atoms with Gasteiger partial charge in [-0.15, -0.1) is 0 Å². The Kier molecular flexibility index (Phi) is 5.46. The number of hydrogen-bond donors (Lipinski definition) is 0. The fourth-order valence-electron chi connectivity index (χ4n) is 2.77. The van der Waals surface area contributed by atoms with Gasteiger partial charge in [0.05, 0.1) is 6.10 Å². The molecule has 1 aliphatic carbocycles. The molecule has 0 heterocycles. The Morgan fingerprint density at radius 1 is 1.19 bits per heavy atom. The summed E-state index contributed by atoms with van der Waals surface area (Å²) in [5.74, 6) is 0.326. The smallest absolute Gasteiger partial charge is 0.207 e. The molecule has 0 N–H and O–H groups in total. The minimum absolute atomic E-state index is 0.346. The zero-order valence-electron chi connectivity index (χ0n) is 13.7. The number of rotatable bonds is 6. The van der Waals surface area contributed by atoms with E-state index < -0.39 is 5.79 Å². The first-order valence-corrected chi connectivity index (χ1v) is 8.15. The molecule has 1 aromatic rings. The van der Waals surface area contributed by atoms with Gasteiger partial charge >= 0.3 is 0 Å². The summed E-state index contributed by atoms with van der Waals surface area (Å²) in [6.45, 7) is 10.1. The first-order chi connectivity index (χ1) is 10.0. The van der Waals surface area contributed by atoms with Gasteiger partial charge in [-0.1, -0.05) is 50.5 Å². The van der Waals surface area contributed by atoms with Crippen molar-refractivity contribution in [1.29, 1.82) is 0 Å². The maximum Gasteiger partial charge on any atom is 0.207 e. The lowest BCUT2D eigenvalue weighted by Crippen LogP contribution is -2.39. The van der Waals surface area contributed by atoms with Crippen molar-refractivity contribution in [3.63, 3.8) is 0 Å². The average molecular weight is 288 g/mol. The van der Waals surface area contributed by atoms with Crippen molar-refractivity contribution < 1.29 is 9.47 Å². The van der Waals surface area contributed by atoms with E-state index in [0.29, 0.717) is 6.10 Å². The van der Waals surface area contributed by atoms with E-state index in [0.717, 1.165) is 36.1 Å². The molecule has 0 saturated heterocycles.